The molecule has 1 aromatic carbocycles. The highest BCUT2D eigenvalue weighted by Gasteiger charge is 2.19. The molecule has 0 fully saturated rings. The van der Waals surface area contributed by atoms with Crippen molar-refractivity contribution in [2.75, 3.05) is 12.5 Å². The van der Waals surface area contributed by atoms with E-state index < -0.39 is 18.1 Å². The van der Waals surface area contributed by atoms with E-state index in [4.69, 9.17) is 16.7 Å². The van der Waals surface area contributed by atoms with Gasteiger partial charge in [-0.1, -0.05) is 30.3 Å². The van der Waals surface area contributed by atoms with Gasteiger partial charge < -0.3 is 10.2 Å². The summed E-state index contributed by atoms with van der Waals surface area (Å²) >= 11 is 5.74. The molecule has 2 N–H and O–H groups in total. The summed E-state index contributed by atoms with van der Waals surface area (Å²) < 4.78 is 0. The van der Waals surface area contributed by atoms with E-state index in [0.29, 0.717) is 19.4 Å². The van der Waals surface area contributed by atoms with Crippen molar-refractivity contribution >= 4 is 17.6 Å². The highest BCUT2D eigenvalue weighted by atomic mass is 35.5. The Kier molecular flexibility index (Phi) is 6.84. The smallest absolute Gasteiger partial charge is 0.320 e. The number of carboxylic acid groups (broad SMARTS) is 1. The summed E-state index contributed by atoms with van der Waals surface area (Å²) in [6.45, 7) is 2.17. The quantitative estimate of drug-likeness (QED) is 0.569. The highest BCUT2D eigenvalue weighted by molar-refractivity contribution is 6.17. The fraction of sp³-hybridized carbons (Fsp3) is 0.500. The maximum Gasteiger partial charge on any atom is 0.320 e. The average Bonchev–Trinajstić information content (AvgIpc) is 2.43. The molecule has 5 heteroatoms. The number of carboxylic acids is 1. The Hall–Kier alpha value is -1.10. The number of hydrogen-bond donors (Lipinski definition) is 2. The average molecular weight is 286 g/mol. The second-order valence-electron chi connectivity index (χ2n) is 4.51. The molecule has 0 radical (unpaired) electrons. The second-order valence-corrected chi connectivity index (χ2v) is 4.75. The van der Waals surface area contributed by atoms with E-state index in [9.17, 15) is 9.90 Å². The Morgan fingerprint density at radius 3 is 2.53 bits per heavy atom. The zero-order valence-electron chi connectivity index (χ0n) is 11.0. The standard InChI is InChI=1S/C14H20ClNO3/c1-11(14(18)19)16(10-15)9-5-8-13(17)12-6-3-2-4-7-12/h2-4,6-7,11,13,17H,5,8-10H2,1H3,(H,18,19)/t11-,13?/m0/s1. The number of aliphatic hydroxyl groups excluding tert-OH is 1. The molecule has 2 atom stereocenters. The zero-order chi connectivity index (χ0) is 14.3. The first-order chi connectivity index (χ1) is 9.06. The van der Waals surface area contributed by atoms with Crippen molar-refractivity contribution in [3.8, 4) is 0 Å². The number of benzene rings is 1. The lowest BCUT2D eigenvalue weighted by Crippen LogP contribution is -2.38. The maximum absolute atomic E-state index is 10.9. The van der Waals surface area contributed by atoms with Gasteiger partial charge in [-0.3, -0.25) is 9.69 Å². The largest absolute Gasteiger partial charge is 0.480 e. The van der Waals surface area contributed by atoms with Crippen molar-refractivity contribution in [3.63, 3.8) is 0 Å². The minimum absolute atomic E-state index is 0.175. The number of aliphatic carboxylic acids is 1. The number of halogens is 1. The number of rotatable bonds is 8. The lowest BCUT2D eigenvalue weighted by atomic mass is 10.0. The summed E-state index contributed by atoms with van der Waals surface area (Å²) in [4.78, 5) is 12.5. The molecule has 0 aliphatic rings. The lowest BCUT2D eigenvalue weighted by Gasteiger charge is -2.23. The van der Waals surface area contributed by atoms with Crippen LogP contribution in [0.25, 0.3) is 0 Å². The van der Waals surface area contributed by atoms with E-state index in [-0.39, 0.29) is 6.00 Å². The second kappa shape index (κ2) is 8.15. The molecule has 0 aliphatic carbocycles. The molecule has 1 aromatic rings. The predicted octanol–water partition coefficient (Wildman–Crippen LogP) is 2.47. The minimum atomic E-state index is -0.885. The topological polar surface area (TPSA) is 60.8 Å². The van der Waals surface area contributed by atoms with E-state index in [2.05, 4.69) is 0 Å². The summed E-state index contributed by atoms with van der Waals surface area (Å²) in [6.07, 6.45) is 0.767. The van der Waals surface area contributed by atoms with Gasteiger partial charge in [0.15, 0.2) is 0 Å². The molecular formula is C14H20ClNO3. The zero-order valence-corrected chi connectivity index (χ0v) is 11.8. The van der Waals surface area contributed by atoms with Crippen molar-refractivity contribution < 1.29 is 15.0 Å². The van der Waals surface area contributed by atoms with E-state index >= 15 is 0 Å². The lowest BCUT2D eigenvalue weighted by molar-refractivity contribution is -0.142. The Balaban J connectivity index is 2.38. The summed E-state index contributed by atoms with van der Waals surface area (Å²) in [7, 11) is 0. The Morgan fingerprint density at radius 2 is 2.00 bits per heavy atom. The van der Waals surface area contributed by atoms with Gasteiger partial charge in [-0.25, -0.2) is 0 Å². The fourth-order valence-corrected chi connectivity index (χ4v) is 2.17. The Labute approximate surface area is 118 Å². The van der Waals surface area contributed by atoms with Gasteiger partial charge in [0.1, 0.15) is 6.04 Å². The van der Waals surface area contributed by atoms with Gasteiger partial charge >= 0.3 is 5.97 Å². The van der Waals surface area contributed by atoms with Crippen molar-refractivity contribution in [2.45, 2.75) is 31.9 Å². The van der Waals surface area contributed by atoms with Crippen LogP contribution >= 0.6 is 11.6 Å². The normalized spacial score (nSPS) is 14.3. The van der Waals surface area contributed by atoms with Crippen LogP contribution in [0.4, 0.5) is 0 Å². The van der Waals surface area contributed by atoms with Crippen LogP contribution in [0.5, 0.6) is 0 Å². The number of carbonyl (C=O) groups is 1. The van der Waals surface area contributed by atoms with E-state index in [1.807, 2.05) is 30.3 Å². The first kappa shape index (κ1) is 16.0. The molecule has 0 amide bonds. The minimum Gasteiger partial charge on any atom is -0.480 e. The third kappa shape index (κ3) is 5.19. The van der Waals surface area contributed by atoms with Crippen LogP contribution in [0.15, 0.2) is 30.3 Å². The molecule has 0 heterocycles. The van der Waals surface area contributed by atoms with Gasteiger partial charge in [-0.2, -0.15) is 0 Å². The fourth-order valence-electron chi connectivity index (χ4n) is 1.84. The number of alkyl halides is 1. The number of nitrogens with zero attached hydrogens (tertiary/aromatic N) is 1. The Morgan fingerprint density at radius 1 is 1.37 bits per heavy atom. The molecule has 106 valence electrons. The van der Waals surface area contributed by atoms with Crippen molar-refractivity contribution in [2.24, 2.45) is 0 Å². The molecule has 0 saturated carbocycles. The van der Waals surface area contributed by atoms with Crippen LogP contribution in [0, 0.1) is 0 Å². The van der Waals surface area contributed by atoms with Crippen LogP contribution in [0.1, 0.15) is 31.4 Å². The number of aliphatic hydroxyl groups is 1. The summed E-state index contributed by atoms with van der Waals surface area (Å²) in [5.74, 6) is -0.885. The summed E-state index contributed by atoms with van der Waals surface area (Å²) in [5, 5.41) is 18.9. The van der Waals surface area contributed by atoms with Gasteiger partial charge in [0.05, 0.1) is 12.1 Å². The van der Waals surface area contributed by atoms with Gasteiger partial charge in [0.2, 0.25) is 0 Å². The van der Waals surface area contributed by atoms with E-state index in [1.165, 1.54) is 0 Å². The van der Waals surface area contributed by atoms with Gasteiger partial charge in [0.25, 0.3) is 0 Å². The van der Waals surface area contributed by atoms with Crippen molar-refractivity contribution in [1.82, 2.24) is 4.90 Å². The molecule has 1 rings (SSSR count). The van der Waals surface area contributed by atoms with Crippen LogP contribution < -0.4 is 0 Å². The Bertz CT molecular complexity index is 386. The highest BCUT2D eigenvalue weighted by Crippen LogP contribution is 2.18. The van der Waals surface area contributed by atoms with Crippen molar-refractivity contribution in [1.29, 1.82) is 0 Å². The molecular weight excluding hydrogens is 266 g/mol. The molecule has 1 unspecified atom stereocenters. The van der Waals surface area contributed by atoms with Crippen molar-refractivity contribution in [3.05, 3.63) is 35.9 Å². The van der Waals surface area contributed by atoms with Crippen LogP contribution in [-0.2, 0) is 4.79 Å². The maximum atomic E-state index is 10.9. The first-order valence-electron chi connectivity index (χ1n) is 6.32. The van der Waals surface area contributed by atoms with Crippen LogP contribution in [0.2, 0.25) is 0 Å². The molecule has 0 aromatic heterocycles. The summed E-state index contributed by atoms with van der Waals surface area (Å²) in [6, 6.07) is 9.00. The molecule has 19 heavy (non-hydrogen) atoms. The molecule has 0 bridgehead atoms. The first-order valence-corrected chi connectivity index (χ1v) is 6.85. The van der Waals surface area contributed by atoms with Gasteiger partial charge in [0, 0.05) is 6.54 Å². The molecule has 0 saturated heterocycles. The van der Waals surface area contributed by atoms with E-state index in [1.54, 1.807) is 11.8 Å². The van der Waals surface area contributed by atoms with Crippen LogP contribution in [0.3, 0.4) is 0 Å². The third-order valence-electron chi connectivity index (χ3n) is 3.17. The summed E-state index contributed by atoms with van der Waals surface area (Å²) in [5.41, 5.74) is 0.881. The van der Waals surface area contributed by atoms with Gasteiger partial charge in [-0.05, 0) is 25.3 Å². The molecule has 0 aliphatic heterocycles. The monoisotopic (exact) mass is 285 g/mol. The molecule has 0 spiro atoms. The molecule has 4 nitrogen and oxygen atoms in total. The van der Waals surface area contributed by atoms with Crippen LogP contribution in [-0.4, -0.2) is 39.7 Å². The number of hydrogen-bond acceptors (Lipinski definition) is 3. The van der Waals surface area contributed by atoms with E-state index in [0.717, 1.165) is 5.56 Å². The SMILES string of the molecule is C[C@@H](C(=O)O)N(CCl)CCCC(O)c1ccccc1. The third-order valence-corrected chi connectivity index (χ3v) is 3.47. The predicted molar refractivity (Wildman–Crippen MR) is 75.2 cm³/mol. The van der Waals surface area contributed by atoms with Gasteiger partial charge in [-0.15, -0.1) is 11.6 Å².